The van der Waals surface area contributed by atoms with E-state index >= 15 is 0 Å². The predicted molar refractivity (Wildman–Crippen MR) is 78.2 cm³/mol. The van der Waals surface area contributed by atoms with Crippen LogP contribution in [0, 0.1) is 0 Å². The Morgan fingerprint density at radius 3 is 2.64 bits per heavy atom. The average molecular weight is 357 g/mol. The number of rotatable bonds is 6. The average Bonchev–Trinajstić information content (AvgIpc) is 2.42. The Balaban J connectivity index is 3.05. The zero-order valence-corrected chi connectivity index (χ0v) is 12.8. The fraction of sp³-hybridized carbons (Fsp3) is 0.250. The fourth-order valence-corrected chi connectivity index (χ4v) is 2.01. The highest BCUT2D eigenvalue weighted by atomic mass is 35.5. The van der Waals surface area contributed by atoms with E-state index in [0.717, 1.165) is 0 Å². The molecule has 0 spiro atoms. The molecule has 0 heterocycles. The second-order valence-corrected chi connectivity index (χ2v) is 5.86. The summed E-state index contributed by atoms with van der Waals surface area (Å²) in [6, 6.07) is 5.52. The summed E-state index contributed by atoms with van der Waals surface area (Å²) in [7, 11) is -5.51. The normalized spacial score (nSPS) is 13.4. The minimum absolute atomic E-state index is 0.0668. The van der Waals surface area contributed by atoms with Crippen LogP contribution in [0.4, 0.5) is 18.9 Å². The van der Waals surface area contributed by atoms with Gasteiger partial charge in [-0.05, 0) is 19.1 Å². The molecule has 0 saturated carbocycles. The van der Waals surface area contributed by atoms with E-state index in [1.165, 1.54) is 47.5 Å². The van der Waals surface area contributed by atoms with Gasteiger partial charge in [-0.1, -0.05) is 35.0 Å². The van der Waals surface area contributed by atoms with Gasteiger partial charge < -0.3 is 4.84 Å². The summed E-state index contributed by atoms with van der Waals surface area (Å²) in [6.45, 7) is 1.53. The Morgan fingerprint density at radius 2 is 2.05 bits per heavy atom. The van der Waals surface area contributed by atoms with Crippen LogP contribution in [0.5, 0.6) is 0 Å². The molecule has 0 fully saturated rings. The van der Waals surface area contributed by atoms with Crippen LogP contribution in [-0.2, 0) is 14.9 Å². The number of hydrogen-bond donors (Lipinski definition) is 1. The fourth-order valence-electron chi connectivity index (χ4n) is 1.35. The van der Waals surface area contributed by atoms with Crippen LogP contribution in [0.15, 0.2) is 41.0 Å². The van der Waals surface area contributed by atoms with Crippen molar-refractivity contribution in [3.8, 4) is 0 Å². The molecule has 122 valence electrons. The van der Waals surface area contributed by atoms with Crippen molar-refractivity contribution >= 4 is 33.0 Å². The number of oxime groups is 1. The lowest BCUT2D eigenvalue weighted by atomic mass is 10.1. The van der Waals surface area contributed by atoms with Gasteiger partial charge in [-0.25, -0.2) is 0 Å². The highest BCUT2D eigenvalue weighted by Gasteiger charge is 2.46. The lowest BCUT2D eigenvalue weighted by molar-refractivity contribution is -0.0429. The molecule has 0 unspecified atom stereocenters. The summed E-state index contributed by atoms with van der Waals surface area (Å²) < 4.78 is 61.1. The second kappa shape index (κ2) is 7.50. The molecule has 1 rings (SSSR count). The van der Waals surface area contributed by atoms with Crippen LogP contribution < -0.4 is 4.72 Å². The Bertz CT molecular complexity index is 672. The van der Waals surface area contributed by atoms with Crippen molar-refractivity contribution in [2.75, 3.05) is 11.3 Å². The molecule has 1 aromatic rings. The summed E-state index contributed by atoms with van der Waals surface area (Å²) in [4.78, 5) is 4.86. The molecule has 10 heteroatoms. The molecule has 0 aliphatic rings. The second-order valence-electron chi connectivity index (χ2n) is 3.93. The SMILES string of the molecule is C/C(=N\OC/C=C\Cl)c1ccccc1NS(=O)(=O)C(F)(F)F. The number of benzene rings is 1. The molecular weight excluding hydrogens is 345 g/mol. The van der Waals surface area contributed by atoms with Crippen molar-refractivity contribution in [2.24, 2.45) is 5.16 Å². The number of hydrogen-bond acceptors (Lipinski definition) is 4. The molecular formula is C12H12ClF3N2O3S. The first kappa shape index (κ1) is 18.3. The Hall–Kier alpha value is -1.74. The maximum absolute atomic E-state index is 12.4. The largest absolute Gasteiger partial charge is 0.516 e. The number of nitrogens with zero attached hydrogens (tertiary/aromatic N) is 1. The first-order valence-corrected chi connectivity index (χ1v) is 7.71. The van der Waals surface area contributed by atoms with Crippen molar-refractivity contribution in [3.63, 3.8) is 0 Å². The van der Waals surface area contributed by atoms with E-state index in [2.05, 4.69) is 5.16 Å². The lowest BCUT2D eigenvalue weighted by Gasteiger charge is -2.13. The smallest absolute Gasteiger partial charge is 0.391 e. The molecule has 1 aromatic carbocycles. The number of halogens is 4. The van der Waals surface area contributed by atoms with Crippen molar-refractivity contribution in [1.82, 2.24) is 0 Å². The van der Waals surface area contributed by atoms with E-state index in [-0.39, 0.29) is 23.6 Å². The molecule has 0 radical (unpaired) electrons. The molecule has 0 saturated heterocycles. The van der Waals surface area contributed by atoms with Gasteiger partial charge in [0.05, 0.1) is 11.4 Å². The molecule has 0 bridgehead atoms. The number of alkyl halides is 3. The third-order valence-electron chi connectivity index (χ3n) is 2.33. The number of para-hydroxylation sites is 1. The van der Waals surface area contributed by atoms with Crippen molar-refractivity contribution in [2.45, 2.75) is 12.4 Å². The van der Waals surface area contributed by atoms with Gasteiger partial charge in [0.25, 0.3) is 0 Å². The highest BCUT2D eigenvalue weighted by Crippen LogP contribution is 2.27. The van der Waals surface area contributed by atoms with Crippen molar-refractivity contribution < 1.29 is 26.4 Å². The number of anilines is 1. The van der Waals surface area contributed by atoms with E-state index < -0.39 is 15.5 Å². The van der Waals surface area contributed by atoms with E-state index in [1.54, 1.807) is 0 Å². The van der Waals surface area contributed by atoms with Gasteiger partial charge >= 0.3 is 15.5 Å². The topological polar surface area (TPSA) is 67.8 Å². The third-order valence-corrected chi connectivity index (χ3v) is 3.60. The molecule has 22 heavy (non-hydrogen) atoms. The monoisotopic (exact) mass is 356 g/mol. The Kier molecular flexibility index (Phi) is 6.24. The molecule has 0 aromatic heterocycles. The summed E-state index contributed by atoms with van der Waals surface area (Å²) in [5, 5.41) is 3.68. The third kappa shape index (κ3) is 4.92. The number of nitrogens with one attached hydrogen (secondary N) is 1. The van der Waals surface area contributed by atoms with Crippen LogP contribution in [0.2, 0.25) is 0 Å². The van der Waals surface area contributed by atoms with Crippen LogP contribution in [0.1, 0.15) is 12.5 Å². The van der Waals surface area contributed by atoms with Gasteiger partial charge in [0, 0.05) is 11.1 Å². The van der Waals surface area contributed by atoms with Crippen molar-refractivity contribution in [1.29, 1.82) is 0 Å². The summed E-state index contributed by atoms with van der Waals surface area (Å²) in [5.41, 5.74) is -4.09. The zero-order chi connectivity index (χ0) is 16.8. The van der Waals surface area contributed by atoms with Crippen LogP contribution in [0.25, 0.3) is 0 Å². The van der Waals surface area contributed by atoms with E-state index in [4.69, 9.17) is 16.4 Å². The first-order chi connectivity index (χ1) is 10.2. The molecule has 0 atom stereocenters. The van der Waals surface area contributed by atoms with Crippen molar-refractivity contribution in [3.05, 3.63) is 41.4 Å². The van der Waals surface area contributed by atoms with Crippen LogP contribution in [0.3, 0.4) is 0 Å². The Morgan fingerprint density at radius 1 is 1.41 bits per heavy atom. The molecule has 5 nitrogen and oxygen atoms in total. The minimum Gasteiger partial charge on any atom is -0.391 e. The lowest BCUT2D eigenvalue weighted by Crippen LogP contribution is -2.30. The number of sulfonamides is 1. The standard InChI is InChI=1S/C12H12ClF3N2O3S/c1-9(17-21-8-4-7-13)10-5-2-3-6-11(10)18-22(19,20)12(14,15)16/h2-7,18H,8H2,1H3/b7-4-,17-9+. The van der Waals surface area contributed by atoms with Crippen LogP contribution in [-0.4, -0.2) is 26.2 Å². The maximum atomic E-state index is 12.4. The maximum Gasteiger partial charge on any atom is 0.516 e. The Labute approximate surface area is 130 Å². The quantitative estimate of drug-likeness (QED) is 0.482. The summed E-state index contributed by atoms with van der Waals surface area (Å²) in [5.74, 6) is 0. The summed E-state index contributed by atoms with van der Waals surface area (Å²) in [6.07, 6.45) is 1.45. The van der Waals surface area contributed by atoms with Gasteiger partial charge in [0.1, 0.15) is 6.61 Å². The molecule has 0 aliphatic carbocycles. The molecule has 0 aliphatic heterocycles. The van der Waals surface area contributed by atoms with E-state index in [1.807, 2.05) is 0 Å². The molecule has 0 amide bonds. The molecule has 1 N–H and O–H groups in total. The van der Waals surface area contributed by atoms with Gasteiger partial charge in [0.2, 0.25) is 0 Å². The predicted octanol–water partition coefficient (Wildman–Crippen LogP) is 3.44. The van der Waals surface area contributed by atoms with Gasteiger partial charge in [-0.3, -0.25) is 4.72 Å². The zero-order valence-electron chi connectivity index (χ0n) is 11.3. The van der Waals surface area contributed by atoms with E-state index in [9.17, 15) is 21.6 Å². The van der Waals surface area contributed by atoms with Crippen LogP contribution >= 0.6 is 11.6 Å². The first-order valence-electron chi connectivity index (χ1n) is 5.79. The van der Waals surface area contributed by atoms with E-state index in [0.29, 0.717) is 0 Å². The minimum atomic E-state index is -5.51. The van der Waals surface area contributed by atoms with Gasteiger partial charge in [-0.15, -0.1) is 0 Å². The van der Waals surface area contributed by atoms with Gasteiger partial charge in [-0.2, -0.15) is 21.6 Å². The highest BCUT2D eigenvalue weighted by molar-refractivity contribution is 7.93. The van der Waals surface area contributed by atoms with Gasteiger partial charge in [0.15, 0.2) is 0 Å². The summed E-state index contributed by atoms with van der Waals surface area (Å²) >= 11 is 5.28.